The van der Waals surface area contributed by atoms with Gasteiger partial charge in [0.05, 0.1) is 17.3 Å². The molecule has 1 aliphatic heterocycles. The predicted octanol–water partition coefficient (Wildman–Crippen LogP) is 2.92. The van der Waals surface area contributed by atoms with E-state index in [0.29, 0.717) is 16.2 Å². The number of fused-ring (bicyclic) bond motifs is 1. The maximum absolute atomic E-state index is 13.1. The van der Waals surface area contributed by atoms with Crippen LogP contribution in [-0.4, -0.2) is 32.8 Å². The summed E-state index contributed by atoms with van der Waals surface area (Å²) in [6, 6.07) is 9.07. The summed E-state index contributed by atoms with van der Waals surface area (Å²) in [5.41, 5.74) is -0.903. The number of imide groups is 1. The van der Waals surface area contributed by atoms with Crippen molar-refractivity contribution in [3.8, 4) is 5.75 Å². The van der Waals surface area contributed by atoms with Crippen LogP contribution in [0.2, 0.25) is 5.02 Å². The van der Waals surface area contributed by atoms with E-state index in [0.717, 1.165) is 4.90 Å². The van der Waals surface area contributed by atoms with Crippen LogP contribution in [0.1, 0.15) is 18.2 Å². The lowest BCUT2D eigenvalue weighted by Gasteiger charge is -2.22. The third-order valence-corrected chi connectivity index (χ3v) is 5.15. The summed E-state index contributed by atoms with van der Waals surface area (Å²) >= 11 is 5.89. The molecular weight excluding hydrogens is 434 g/mol. The Morgan fingerprint density at radius 2 is 1.87 bits per heavy atom. The van der Waals surface area contributed by atoms with E-state index >= 15 is 0 Å². The molecule has 4 rings (SSSR count). The molecule has 1 aromatic carbocycles. The highest BCUT2D eigenvalue weighted by Crippen LogP contribution is 2.31. The minimum Gasteiger partial charge on any atom is -0.435 e. The first-order valence-electron chi connectivity index (χ1n) is 9.05. The van der Waals surface area contributed by atoms with Gasteiger partial charge < -0.3 is 10.1 Å². The van der Waals surface area contributed by atoms with Gasteiger partial charge in [0, 0.05) is 12.3 Å². The van der Waals surface area contributed by atoms with Crippen molar-refractivity contribution in [2.45, 2.75) is 25.6 Å². The van der Waals surface area contributed by atoms with E-state index in [9.17, 15) is 23.2 Å². The van der Waals surface area contributed by atoms with Gasteiger partial charge in [-0.3, -0.25) is 18.9 Å². The van der Waals surface area contributed by atoms with Crippen LogP contribution in [0.4, 0.5) is 13.6 Å². The number of carbonyl (C=O) groups is 2. The lowest BCUT2D eigenvalue weighted by molar-refractivity contribution is -0.131. The summed E-state index contributed by atoms with van der Waals surface area (Å²) in [6.45, 7) is -1.69. The number of nitrogens with zero attached hydrogens (tertiary/aromatic N) is 3. The van der Waals surface area contributed by atoms with E-state index < -0.39 is 29.6 Å². The van der Waals surface area contributed by atoms with E-state index in [-0.39, 0.29) is 18.0 Å². The summed E-state index contributed by atoms with van der Waals surface area (Å²) < 4.78 is 30.2. The molecule has 11 heteroatoms. The molecule has 1 unspecified atom stereocenters. The molecule has 2 aromatic heterocycles. The number of hydrogen-bond donors (Lipinski definition) is 1. The van der Waals surface area contributed by atoms with Gasteiger partial charge in [-0.1, -0.05) is 23.7 Å². The number of amides is 3. The van der Waals surface area contributed by atoms with Gasteiger partial charge in [-0.15, -0.1) is 0 Å². The van der Waals surface area contributed by atoms with Gasteiger partial charge in [-0.25, -0.2) is 9.78 Å². The Labute approximate surface area is 179 Å². The van der Waals surface area contributed by atoms with Crippen LogP contribution in [0.15, 0.2) is 53.5 Å². The van der Waals surface area contributed by atoms with Gasteiger partial charge in [-0.2, -0.15) is 8.78 Å². The van der Waals surface area contributed by atoms with Crippen molar-refractivity contribution >= 4 is 29.2 Å². The van der Waals surface area contributed by atoms with Gasteiger partial charge in [0.2, 0.25) is 0 Å². The molecule has 0 bridgehead atoms. The molecule has 1 fully saturated rings. The molecule has 3 amide bonds. The molecule has 160 valence electrons. The highest BCUT2D eigenvalue weighted by Gasteiger charge is 2.49. The first-order valence-corrected chi connectivity index (χ1v) is 9.42. The van der Waals surface area contributed by atoms with Crippen molar-refractivity contribution in [2.75, 3.05) is 0 Å². The van der Waals surface area contributed by atoms with Crippen molar-refractivity contribution in [1.29, 1.82) is 0 Å². The van der Waals surface area contributed by atoms with Crippen LogP contribution in [0.3, 0.4) is 0 Å². The van der Waals surface area contributed by atoms with Crippen molar-refractivity contribution in [3.05, 3.63) is 75.3 Å². The van der Waals surface area contributed by atoms with Gasteiger partial charge in [0.25, 0.3) is 11.5 Å². The Morgan fingerprint density at radius 1 is 1.16 bits per heavy atom. The maximum atomic E-state index is 13.1. The molecule has 1 atom stereocenters. The molecule has 0 saturated carbocycles. The first-order chi connectivity index (χ1) is 14.7. The fraction of sp³-hybridized carbons (Fsp3) is 0.200. The largest absolute Gasteiger partial charge is 0.435 e. The van der Waals surface area contributed by atoms with Crippen LogP contribution >= 0.6 is 11.6 Å². The topological polar surface area (TPSA) is 93.0 Å². The fourth-order valence-electron chi connectivity index (χ4n) is 3.37. The third-order valence-electron chi connectivity index (χ3n) is 4.93. The van der Waals surface area contributed by atoms with Crippen LogP contribution in [0.25, 0.3) is 5.65 Å². The molecule has 0 aliphatic carbocycles. The summed E-state index contributed by atoms with van der Waals surface area (Å²) in [7, 11) is 0. The lowest BCUT2D eigenvalue weighted by atomic mass is 9.92. The van der Waals surface area contributed by atoms with E-state index in [1.165, 1.54) is 47.9 Å². The second-order valence-electron chi connectivity index (χ2n) is 7.01. The van der Waals surface area contributed by atoms with Crippen LogP contribution in [-0.2, 0) is 16.9 Å². The highest BCUT2D eigenvalue weighted by atomic mass is 35.5. The zero-order valence-electron chi connectivity index (χ0n) is 16.0. The summed E-state index contributed by atoms with van der Waals surface area (Å²) in [4.78, 5) is 43.2. The number of rotatable bonds is 5. The second-order valence-corrected chi connectivity index (χ2v) is 7.45. The van der Waals surface area contributed by atoms with E-state index in [1.807, 2.05) is 0 Å². The van der Waals surface area contributed by atoms with E-state index in [4.69, 9.17) is 11.6 Å². The molecule has 1 aliphatic rings. The van der Waals surface area contributed by atoms with Crippen LogP contribution in [0.5, 0.6) is 5.75 Å². The summed E-state index contributed by atoms with van der Waals surface area (Å²) in [6.07, 6.45) is 1.42. The molecule has 1 saturated heterocycles. The zero-order valence-corrected chi connectivity index (χ0v) is 16.8. The van der Waals surface area contributed by atoms with Crippen molar-refractivity contribution in [3.63, 3.8) is 0 Å². The Hall–Kier alpha value is -3.53. The molecule has 1 N–H and O–H groups in total. The number of hydrogen-bond acceptors (Lipinski definition) is 5. The number of halogens is 3. The minimum absolute atomic E-state index is 0.0723. The number of ether oxygens (including phenoxy) is 1. The molecular formula is C20H15ClF2N4O4. The number of urea groups is 1. The van der Waals surface area contributed by atoms with Crippen molar-refractivity contribution < 1.29 is 23.1 Å². The third kappa shape index (κ3) is 3.81. The molecule has 0 radical (unpaired) electrons. The van der Waals surface area contributed by atoms with Gasteiger partial charge >= 0.3 is 12.6 Å². The minimum atomic E-state index is -2.97. The Morgan fingerprint density at radius 3 is 2.55 bits per heavy atom. The smallest absolute Gasteiger partial charge is 0.387 e. The van der Waals surface area contributed by atoms with Gasteiger partial charge in [0.15, 0.2) is 0 Å². The zero-order chi connectivity index (χ0) is 22.3. The SMILES string of the molecule is CC1(c2ccc(OC(F)F)cc2)NC(=O)N(Cc2cc(=O)n3cc(Cl)ccc3n2)C1=O. The number of pyridine rings is 1. The first kappa shape index (κ1) is 20.7. The Balaban J connectivity index is 1.60. The maximum Gasteiger partial charge on any atom is 0.387 e. The average molecular weight is 449 g/mol. The number of alkyl halides is 2. The summed E-state index contributed by atoms with van der Waals surface area (Å²) in [5, 5.41) is 2.97. The van der Waals surface area contributed by atoms with E-state index in [2.05, 4.69) is 15.0 Å². The standard InChI is InChI=1S/C20H15ClF2N4O4/c1-20(11-2-5-14(6-3-11)31-18(22)23)17(29)27(19(30)25-20)10-13-8-16(28)26-9-12(21)4-7-15(26)24-13/h2-9,18H,10H2,1H3,(H,25,30). The molecule has 3 aromatic rings. The molecule has 31 heavy (non-hydrogen) atoms. The predicted molar refractivity (Wildman–Crippen MR) is 106 cm³/mol. The lowest BCUT2D eigenvalue weighted by Crippen LogP contribution is -2.40. The average Bonchev–Trinajstić information content (AvgIpc) is 2.92. The number of aromatic nitrogens is 2. The second kappa shape index (κ2) is 7.62. The number of benzene rings is 1. The van der Waals surface area contributed by atoms with Crippen molar-refractivity contribution in [2.24, 2.45) is 0 Å². The van der Waals surface area contributed by atoms with Crippen LogP contribution in [0, 0.1) is 0 Å². The van der Waals surface area contributed by atoms with Gasteiger partial charge in [0.1, 0.15) is 16.9 Å². The van der Waals surface area contributed by atoms with Crippen molar-refractivity contribution in [1.82, 2.24) is 19.6 Å². The highest BCUT2D eigenvalue weighted by molar-refractivity contribution is 6.30. The quantitative estimate of drug-likeness (QED) is 0.606. The van der Waals surface area contributed by atoms with Crippen LogP contribution < -0.4 is 15.6 Å². The molecule has 0 spiro atoms. The molecule has 3 heterocycles. The molecule has 8 nitrogen and oxygen atoms in total. The monoisotopic (exact) mass is 448 g/mol. The number of carbonyl (C=O) groups excluding carboxylic acids is 2. The van der Waals surface area contributed by atoms with E-state index in [1.54, 1.807) is 12.1 Å². The Bertz CT molecular complexity index is 1250. The normalized spacial score (nSPS) is 18.7. The fourth-order valence-corrected chi connectivity index (χ4v) is 3.54. The van der Waals surface area contributed by atoms with Gasteiger partial charge in [-0.05, 0) is 36.8 Å². The Kier molecular flexibility index (Phi) is 5.10. The summed E-state index contributed by atoms with van der Waals surface area (Å²) in [5.74, 6) is -0.643. The number of nitrogens with one attached hydrogen (secondary N) is 1.